The summed E-state index contributed by atoms with van der Waals surface area (Å²) < 4.78 is 2.26. The van der Waals surface area contributed by atoms with Crippen LogP contribution in [0.5, 0.6) is 0 Å². The predicted octanol–water partition coefficient (Wildman–Crippen LogP) is 4.46. The molecule has 2 aliphatic carbocycles. The molecule has 3 aliphatic rings. The molecule has 3 fully saturated rings. The molecule has 0 unspecified atom stereocenters. The molecule has 37 heavy (non-hydrogen) atoms. The molecule has 0 atom stereocenters. The van der Waals surface area contributed by atoms with Crippen LogP contribution in [0, 0.1) is 0 Å². The first kappa shape index (κ1) is 29.5. The molecule has 0 aromatic carbocycles. The average Bonchev–Trinajstić information content (AvgIpc) is 3.51. The summed E-state index contributed by atoms with van der Waals surface area (Å²) in [6.45, 7) is 5.44. The van der Waals surface area contributed by atoms with Crippen molar-refractivity contribution in [2.75, 3.05) is 23.7 Å². The zero-order valence-corrected chi connectivity index (χ0v) is 23.6. The molecular formula is C25H43Cl2N9O. The molecule has 0 radical (unpaired) electrons. The second-order valence-corrected chi connectivity index (χ2v) is 10.9. The molecule has 2 saturated carbocycles. The van der Waals surface area contributed by atoms with Crippen LogP contribution in [0.25, 0.3) is 11.2 Å². The van der Waals surface area contributed by atoms with Crippen molar-refractivity contribution in [2.45, 2.75) is 108 Å². The second kappa shape index (κ2) is 13.2. The first-order valence-electron chi connectivity index (χ1n) is 13.5. The highest BCUT2D eigenvalue weighted by molar-refractivity contribution is 5.86. The standard InChI is InChI=1S/C25H41N9O.2ClH/c1-16(2)28-25(35)33-13-11-19(12-14-33)29-22-21-23(34(15-27-21)20-5-3-4-6-20)32-24(31-22)30-18-9-7-17(26)8-10-18;;/h15-20H,3-14,26H2,1-2H3,(H,28,35)(H2,29,30,31,32);2*1H. The van der Waals surface area contributed by atoms with E-state index in [1.807, 2.05) is 25.1 Å². The van der Waals surface area contributed by atoms with Crippen molar-refractivity contribution >= 4 is 53.8 Å². The number of likely N-dealkylation sites (tertiary alicyclic amines) is 1. The Kier molecular flexibility index (Phi) is 10.5. The Morgan fingerprint density at radius 1 is 0.946 bits per heavy atom. The quantitative estimate of drug-likeness (QED) is 0.414. The van der Waals surface area contributed by atoms with E-state index in [0.29, 0.717) is 24.1 Å². The smallest absolute Gasteiger partial charge is 0.317 e. The van der Waals surface area contributed by atoms with Gasteiger partial charge in [-0.1, -0.05) is 12.8 Å². The second-order valence-electron chi connectivity index (χ2n) is 10.9. The van der Waals surface area contributed by atoms with Crippen LogP contribution in [0.3, 0.4) is 0 Å². The maximum Gasteiger partial charge on any atom is 0.317 e. The largest absolute Gasteiger partial charge is 0.365 e. The number of fused-ring (bicyclic) bond motifs is 1. The Morgan fingerprint density at radius 3 is 2.24 bits per heavy atom. The Morgan fingerprint density at radius 2 is 1.59 bits per heavy atom. The van der Waals surface area contributed by atoms with E-state index in [4.69, 9.17) is 20.7 Å². The van der Waals surface area contributed by atoms with E-state index in [1.54, 1.807) is 0 Å². The van der Waals surface area contributed by atoms with Crippen LogP contribution in [0.4, 0.5) is 16.6 Å². The molecule has 2 amide bonds. The number of nitrogens with two attached hydrogens (primary N) is 1. The lowest BCUT2D eigenvalue weighted by atomic mass is 9.92. The SMILES string of the molecule is CC(C)NC(=O)N1CCC(Nc2nc(NC3CCC(N)CC3)nc3c2ncn3C2CCCC2)CC1.Cl.Cl. The third kappa shape index (κ3) is 7.09. The molecule has 0 bridgehead atoms. The fraction of sp³-hybridized carbons (Fsp3) is 0.760. The van der Waals surface area contributed by atoms with Crippen LogP contribution in [-0.2, 0) is 0 Å². The first-order chi connectivity index (χ1) is 17.0. The van der Waals surface area contributed by atoms with Gasteiger partial charge in [0.25, 0.3) is 0 Å². The Balaban J connectivity index is 0.00000190. The van der Waals surface area contributed by atoms with Crippen molar-refractivity contribution in [1.29, 1.82) is 0 Å². The Labute approximate surface area is 232 Å². The van der Waals surface area contributed by atoms with E-state index in [2.05, 4.69) is 20.5 Å². The number of rotatable bonds is 6. The number of piperidine rings is 1. The van der Waals surface area contributed by atoms with Gasteiger partial charge in [-0.05, 0) is 65.2 Å². The minimum absolute atomic E-state index is 0. The third-order valence-electron chi connectivity index (χ3n) is 7.78. The number of nitrogens with one attached hydrogen (secondary N) is 3. The van der Waals surface area contributed by atoms with Crippen molar-refractivity contribution in [3.63, 3.8) is 0 Å². The van der Waals surface area contributed by atoms with Gasteiger partial charge in [0.2, 0.25) is 5.95 Å². The van der Waals surface area contributed by atoms with Gasteiger partial charge in [0.15, 0.2) is 17.0 Å². The van der Waals surface area contributed by atoms with E-state index < -0.39 is 0 Å². The van der Waals surface area contributed by atoms with Gasteiger partial charge < -0.3 is 31.2 Å². The summed E-state index contributed by atoms with van der Waals surface area (Å²) in [5.74, 6) is 1.47. The molecule has 208 valence electrons. The van der Waals surface area contributed by atoms with Crippen LogP contribution >= 0.6 is 24.8 Å². The molecular weight excluding hydrogens is 513 g/mol. The summed E-state index contributed by atoms with van der Waals surface area (Å²) in [6.07, 6.45) is 12.7. The van der Waals surface area contributed by atoms with Crippen LogP contribution in [0.2, 0.25) is 0 Å². The van der Waals surface area contributed by atoms with Crippen LogP contribution in [0.1, 0.15) is 84.1 Å². The number of hydrogen-bond acceptors (Lipinski definition) is 7. The van der Waals surface area contributed by atoms with Crippen molar-refractivity contribution in [3.05, 3.63) is 6.33 Å². The molecule has 2 aromatic heterocycles. The van der Waals surface area contributed by atoms with E-state index in [0.717, 1.165) is 68.6 Å². The summed E-state index contributed by atoms with van der Waals surface area (Å²) >= 11 is 0. The number of imidazole rings is 1. The van der Waals surface area contributed by atoms with E-state index >= 15 is 0 Å². The summed E-state index contributed by atoms with van der Waals surface area (Å²) in [4.78, 5) is 28.9. The number of anilines is 2. The predicted molar refractivity (Wildman–Crippen MR) is 153 cm³/mol. The van der Waals surface area contributed by atoms with Crippen LogP contribution in [0.15, 0.2) is 6.33 Å². The van der Waals surface area contributed by atoms with Gasteiger partial charge in [-0.25, -0.2) is 9.78 Å². The highest BCUT2D eigenvalue weighted by atomic mass is 35.5. The topological polar surface area (TPSA) is 126 Å². The summed E-state index contributed by atoms with van der Waals surface area (Å²) in [6, 6.07) is 1.54. The van der Waals surface area contributed by atoms with Gasteiger partial charge in [0.1, 0.15) is 0 Å². The zero-order valence-electron chi connectivity index (χ0n) is 22.0. The number of nitrogens with zero attached hydrogens (tertiary/aromatic N) is 5. The molecule has 5 rings (SSSR count). The van der Waals surface area contributed by atoms with Gasteiger partial charge in [0.05, 0.1) is 6.33 Å². The number of hydrogen-bond donors (Lipinski definition) is 4. The molecule has 3 heterocycles. The fourth-order valence-corrected chi connectivity index (χ4v) is 5.74. The Bertz CT molecular complexity index is 1010. The molecule has 2 aromatic rings. The number of halogens is 2. The van der Waals surface area contributed by atoms with Gasteiger partial charge in [-0.3, -0.25) is 0 Å². The minimum atomic E-state index is 0. The summed E-state index contributed by atoms with van der Waals surface area (Å²) in [7, 11) is 0. The summed E-state index contributed by atoms with van der Waals surface area (Å²) in [5.41, 5.74) is 7.87. The number of carbonyl (C=O) groups excluding carboxylic acids is 1. The van der Waals surface area contributed by atoms with Crippen molar-refractivity contribution in [1.82, 2.24) is 29.7 Å². The highest BCUT2D eigenvalue weighted by Crippen LogP contribution is 2.33. The van der Waals surface area contributed by atoms with Gasteiger partial charge in [0, 0.05) is 43.3 Å². The van der Waals surface area contributed by atoms with Gasteiger partial charge >= 0.3 is 6.03 Å². The maximum atomic E-state index is 12.4. The lowest BCUT2D eigenvalue weighted by Crippen LogP contribution is -2.48. The molecule has 5 N–H and O–H groups in total. The number of urea groups is 1. The average molecular weight is 557 g/mol. The van der Waals surface area contributed by atoms with Crippen molar-refractivity contribution < 1.29 is 4.79 Å². The highest BCUT2D eigenvalue weighted by Gasteiger charge is 2.27. The number of aromatic nitrogens is 4. The third-order valence-corrected chi connectivity index (χ3v) is 7.78. The molecule has 10 nitrogen and oxygen atoms in total. The monoisotopic (exact) mass is 555 g/mol. The van der Waals surface area contributed by atoms with E-state index in [9.17, 15) is 4.79 Å². The van der Waals surface area contributed by atoms with Crippen molar-refractivity contribution in [3.8, 4) is 0 Å². The summed E-state index contributed by atoms with van der Waals surface area (Å²) in [5, 5.41) is 10.3. The molecule has 1 saturated heterocycles. The lowest BCUT2D eigenvalue weighted by molar-refractivity contribution is 0.181. The first-order valence-corrected chi connectivity index (χ1v) is 13.5. The lowest BCUT2D eigenvalue weighted by Gasteiger charge is -2.33. The normalized spacial score (nSPS) is 23.0. The zero-order chi connectivity index (χ0) is 24.4. The fourth-order valence-electron chi connectivity index (χ4n) is 5.74. The Hall–Kier alpha value is -2.04. The molecule has 0 spiro atoms. The maximum absolute atomic E-state index is 12.4. The molecule has 12 heteroatoms. The number of carbonyl (C=O) groups is 1. The van der Waals surface area contributed by atoms with Crippen molar-refractivity contribution in [2.24, 2.45) is 5.73 Å². The van der Waals surface area contributed by atoms with Crippen LogP contribution < -0.4 is 21.7 Å². The van der Waals surface area contributed by atoms with E-state index in [-0.39, 0.29) is 42.9 Å². The molecule has 1 aliphatic heterocycles. The number of amides is 2. The van der Waals surface area contributed by atoms with E-state index in [1.165, 1.54) is 25.7 Å². The van der Waals surface area contributed by atoms with Crippen LogP contribution in [-0.4, -0.2) is 67.7 Å². The van der Waals surface area contributed by atoms with Gasteiger partial charge in [-0.2, -0.15) is 9.97 Å². The minimum Gasteiger partial charge on any atom is -0.365 e. The van der Waals surface area contributed by atoms with Gasteiger partial charge in [-0.15, -0.1) is 24.8 Å².